The third-order valence-electron chi connectivity index (χ3n) is 3.09. The maximum Gasteiger partial charge on any atom is 0.256 e. The largest absolute Gasteiger partial charge is 0.383 e. The Hall–Kier alpha value is -1.47. The molecule has 0 aromatic heterocycles. The molecule has 1 saturated heterocycles. The van der Waals surface area contributed by atoms with Gasteiger partial charge < -0.3 is 10.1 Å². The van der Waals surface area contributed by atoms with Gasteiger partial charge in [-0.05, 0) is 19.1 Å². The summed E-state index contributed by atoms with van der Waals surface area (Å²) < 4.78 is 19.5. The number of ether oxygens (including phenoxy) is 1. The minimum Gasteiger partial charge on any atom is -0.383 e. The molecule has 1 fully saturated rings. The van der Waals surface area contributed by atoms with Crippen LogP contribution in [0, 0.1) is 5.82 Å². The van der Waals surface area contributed by atoms with Crippen LogP contribution in [0.1, 0.15) is 12.5 Å². The molecule has 1 aromatic rings. The summed E-state index contributed by atoms with van der Waals surface area (Å²) in [7, 11) is 1.57. The molecule has 108 valence electrons. The number of carbonyl (C=O) groups is 1. The number of methoxy groups -OCH3 is 1. The van der Waals surface area contributed by atoms with Gasteiger partial charge in [0.2, 0.25) is 0 Å². The number of carbonyl (C=O) groups excluding carboxylic acids is 1. The highest BCUT2D eigenvalue weighted by atomic mass is 79.9. The lowest BCUT2D eigenvalue weighted by Crippen LogP contribution is -2.41. The lowest BCUT2D eigenvalue weighted by Gasteiger charge is -2.22. The summed E-state index contributed by atoms with van der Waals surface area (Å²) in [5.41, 5.74) is -0.897. The molecule has 0 bridgehead atoms. The van der Waals surface area contributed by atoms with Crippen molar-refractivity contribution in [2.24, 2.45) is 4.99 Å². The molecule has 1 aliphatic heterocycles. The normalized spacial score (nSPS) is 23.8. The molecule has 2 N–H and O–H groups in total. The zero-order valence-electron chi connectivity index (χ0n) is 11.2. The summed E-state index contributed by atoms with van der Waals surface area (Å²) in [5, 5.41) is 5.54. The van der Waals surface area contributed by atoms with Crippen LogP contribution >= 0.6 is 15.9 Å². The van der Waals surface area contributed by atoms with E-state index < -0.39 is 11.4 Å². The molecule has 1 aromatic carbocycles. The summed E-state index contributed by atoms with van der Waals surface area (Å²) in [4.78, 5) is 16.3. The summed E-state index contributed by atoms with van der Waals surface area (Å²) in [6.45, 7) is 2.48. The fourth-order valence-corrected chi connectivity index (χ4v) is 2.30. The maximum absolute atomic E-state index is 14.0. The second-order valence-electron chi connectivity index (χ2n) is 4.55. The molecule has 20 heavy (non-hydrogen) atoms. The standard InChI is InChI=1S/C13H15BrFN3O2/c1-13(9-4-3-8(14)7-10(9)15)11(19)17-12(18-13)16-5-6-20-2/h3-4,7H,5-6H2,1-2H3,(H2,16,17,18,19). The lowest BCUT2D eigenvalue weighted by molar-refractivity contribution is -0.123. The van der Waals surface area contributed by atoms with E-state index in [2.05, 4.69) is 31.6 Å². The molecule has 5 nitrogen and oxygen atoms in total. The van der Waals surface area contributed by atoms with E-state index in [1.54, 1.807) is 26.2 Å². The molecule has 1 heterocycles. The predicted molar refractivity (Wildman–Crippen MR) is 76.9 cm³/mol. The van der Waals surface area contributed by atoms with Crippen LogP contribution in [-0.4, -0.2) is 32.1 Å². The molecule has 1 amide bonds. The number of rotatable bonds is 4. The van der Waals surface area contributed by atoms with Gasteiger partial charge in [0.05, 0.1) is 13.2 Å². The quantitative estimate of drug-likeness (QED) is 0.815. The van der Waals surface area contributed by atoms with E-state index in [0.29, 0.717) is 23.6 Å². The van der Waals surface area contributed by atoms with Crippen molar-refractivity contribution in [2.75, 3.05) is 20.3 Å². The highest BCUT2D eigenvalue weighted by Crippen LogP contribution is 2.28. The van der Waals surface area contributed by atoms with Gasteiger partial charge in [-0.1, -0.05) is 22.0 Å². The SMILES string of the molecule is COCCN=C1NC(=O)C(C)(c2ccc(Br)cc2F)N1. The van der Waals surface area contributed by atoms with Crippen LogP contribution in [-0.2, 0) is 15.1 Å². The van der Waals surface area contributed by atoms with Crippen LogP contribution in [0.25, 0.3) is 0 Å². The van der Waals surface area contributed by atoms with Gasteiger partial charge in [0.1, 0.15) is 11.4 Å². The number of benzene rings is 1. The maximum atomic E-state index is 14.0. The lowest BCUT2D eigenvalue weighted by atomic mass is 9.92. The van der Waals surface area contributed by atoms with E-state index in [1.807, 2.05) is 0 Å². The van der Waals surface area contributed by atoms with Crippen LogP contribution in [0.4, 0.5) is 4.39 Å². The topological polar surface area (TPSA) is 62.7 Å². The Morgan fingerprint density at radius 3 is 2.90 bits per heavy atom. The van der Waals surface area contributed by atoms with Crippen LogP contribution in [0.15, 0.2) is 27.7 Å². The number of hydrogen-bond donors (Lipinski definition) is 2. The molecule has 1 unspecified atom stereocenters. The molecule has 0 spiro atoms. The number of amides is 1. The number of nitrogens with zero attached hydrogens (tertiary/aromatic N) is 1. The van der Waals surface area contributed by atoms with E-state index in [0.717, 1.165) is 0 Å². The number of aliphatic imine (C=N–C) groups is 1. The van der Waals surface area contributed by atoms with Crippen LogP contribution < -0.4 is 10.6 Å². The number of hydrogen-bond acceptors (Lipinski definition) is 3. The molecule has 7 heteroatoms. The van der Waals surface area contributed by atoms with Crippen molar-refractivity contribution >= 4 is 27.8 Å². The minimum absolute atomic E-state index is 0.273. The zero-order valence-corrected chi connectivity index (χ0v) is 12.8. The van der Waals surface area contributed by atoms with Crippen molar-refractivity contribution < 1.29 is 13.9 Å². The third-order valence-corrected chi connectivity index (χ3v) is 3.58. The molecular weight excluding hydrogens is 329 g/mol. The second-order valence-corrected chi connectivity index (χ2v) is 5.47. The Balaban J connectivity index is 2.26. The van der Waals surface area contributed by atoms with Crippen LogP contribution in [0.3, 0.4) is 0 Å². The Bertz CT molecular complexity index is 565. The van der Waals surface area contributed by atoms with Crippen LogP contribution in [0.2, 0.25) is 0 Å². The van der Waals surface area contributed by atoms with Gasteiger partial charge in [-0.25, -0.2) is 4.39 Å². The first-order chi connectivity index (χ1) is 9.47. The monoisotopic (exact) mass is 343 g/mol. The Morgan fingerprint density at radius 2 is 2.25 bits per heavy atom. The summed E-state index contributed by atoms with van der Waals surface area (Å²) in [6, 6.07) is 4.60. The van der Waals surface area contributed by atoms with Crippen molar-refractivity contribution in [3.8, 4) is 0 Å². The smallest absolute Gasteiger partial charge is 0.256 e. The molecule has 2 rings (SSSR count). The minimum atomic E-state index is -1.17. The average Bonchev–Trinajstić information content (AvgIpc) is 2.66. The van der Waals surface area contributed by atoms with Gasteiger partial charge in [0.25, 0.3) is 5.91 Å². The van der Waals surface area contributed by atoms with Crippen molar-refractivity contribution in [1.29, 1.82) is 0 Å². The van der Waals surface area contributed by atoms with Crippen molar-refractivity contribution in [1.82, 2.24) is 10.6 Å². The molecule has 1 aliphatic rings. The fraction of sp³-hybridized carbons (Fsp3) is 0.385. The molecule has 0 aliphatic carbocycles. The average molecular weight is 344 g/mol. The Morgan fingerprint density at radius 1 is 1.50 bits per heavy atom. The van der Waals surface area contributed by atoms with Gasteiger partial charge in [0, 0.05) is 17.1 Å². The van der Waals surface area contributed by atoms with Crippen LogP contribution in [0.5, 0.6) is 0 Å². The highest BCUT2D eigenvalue weighted by molar-refractivity contribution is 9.10. The van der Waals surface area contributed by atoms with Gasteiger partial charge in [0.15, 0.2) is 5.96 Å². The number of guanidine groups is 1. The van der Waals surface area contributed by atoms with Gasteiger partial charge in [-0.2, -0.15) is 0 Å². The zero-order chi connectivity index (χ0) is 14.8. The van der Waals surface area contributed by atoms with E-state index in [4.69, 9.17) is 4.74 Å². The molecule has 0 saturated carbocycles. The first-order valence-electron chi connectivity index (χ1n) is 6.06. The highest BCUT2D eigenvalue weighted by Gasteiger charge is 2.44. The third kappa shape index (κ3) is 2.83. The first-order valence-corrected chi connectivity index (χ1v) is 6.85. The second kappa shape index (κ2) is 5.88. The van der Waals surface area contributed by atoms with Gasteiger partial charge in [-0.3, -0.25) is 15.1 Å². The number of nitrogens with one attached hydrogen (secondary N) is 2. The summed E-state index contributed by atoms with van der Waals surface area (Å²) >= 11 is 3.19. The fourth-order valence-electron chi connectivity index (χ4n) is 1.97. The molecular formula is C13H15BrFN3O2. The van der Waals surface area contributed by atoms with Gasteiger partial charge in [-0.15, -0.1) is 0 Å². The molecule has 0 radical (unpaired) electrons. The summed E-state index contributed by atoms with van der Waals surface area (Å²) in [5.74, 6) is -0.463. The number of halogens is 2. The Kier molecular flexibility index (Phi) is 4.39. The van der Waals surface area contributed by atoms with E-state index in [1.165, 1.54) is 6.07 Å². The van der Waals surface area contributed by atoms with Crippen molar-refractivity contribution in [2.45, 2.75) is 12.5 Å². The van der Waals surface area contributed by atoms with Gasteiger partial charge >= 0.3 is 0 Å². The summed E-state index contributed by atoms with van der Waals surface area (Å²) in [6.07, 6.45) is 0. The Labute approximate surface area is 124 Å². The first kappa shape index (κ1) is 14.9. The molecule has 1 atom stereocenters. The van der Waals surface area contributed by atoms with E-state index >= 15 is 0 Å². The van der Waals surface area contributed by atoms with E-state index in [9.17, 15) is 9.18 Å². The predicted octanol–water partition coefficient (Wildman–Crippen LogP) is 1.53. The van der Waals surface area contributed by atoms with Crippen molar-refractivity contribution in [3.63, 3.8) is 0 Å². The van der Waals surface area contributed by atoms with Crippen molar-refractivity contribution in [3.05, 3.63) is 34.1 Å². The van der Waals surface area contributed by atoms with E-state index in [-0.39, 0.29) is 11.5 Å².